The summed E-state index contributed by atoms with van der Waals surface area (Å²) in [6.45, 7) is 1.29. The number of nitriles is 1. The number of aromatic nitrogens is 1. The number of rotatable bonds is 4. The molecule has 2 aromatic rings. The highest BCUT2D eigenvalue weighted by Crippen LogP contribution is 2.49. The molecule has 5 rings (SSSR count). The van der Waals surface area contributed by atoms with Crippen LogP contribution in [0, 0.1) is 11.3 Å². The number of amides is 1. The molecule has 1 aliphatic carbocycles. The summed E-state index contributed by atoms with van der Waals surface area (Å²) < 4.78 is 53.2. The average molecular weight is 503 g/mol. The van der Waals surface area contributed by atoms with Crippen molar-refractivity contribution < 1.29 is 27.4 Å². The molecule has 0 N–H and O–H groups in total. The quantitative estimate of drug-likeness (QED) is 0.566. The van der Waals surface area contributed by atoms with Crippen LogP contribution in [-0.4, -0.2) is 40.9 Å². The number of hydrogen-bond donors (Lipinski definition) is 0. The Balaban J connectivity index is 1.50. The normalized spacial score (nSPS) is 20.2. The van der Waals surface area contributed by atoms with Crippen molar-refractivity contribution in [1.82, 2.24) is 4.98 Å². The molecule has 1 aromatic heterocycles. The van der Waals surface area contributed by atoms with Gasteiger partial charge in [-0.1, -0.05) is 0 Å². The fourth-order valence-electron chi connectivity index (χ4n) is 4.86. The van der Waals surface area contributed by atoms with E-state index in [1.54, 1.807) is 29.2 Å². The number of thiocarbonyl (C=S) groups is 1. The number of benzene rings is 1. The maximum atomic E-state index is 13.9. The van der Waals surface area contributed by atoms with Gasteiger partial charge in [-0.2, -0.15) is 18.4 Å². The largest absolute Gasteiger partial charge is 0.490 e. The van der Waals surface area contributed by atoms with Gasteiger partial charge in [0.15, 0.2) is 10.8 Å². The van der Waals surface area contributed by atoms with Crippen LogP contribution in [0.3, 0.4) is 0 Å². The lowest BCUT2D eigenvalue weighted by molar-refractivity contribution is -0.137. The monoisotopic (exact) mass is 502 g/mol. The first-order chi connectivity index (χ1) is 16.8. The van der Waals surface area contributed by atoms with E-state index in [1.807, 2.05) is 0 Å². The third kappa shape index (κ3) is 3.90. The van der Waals surface area contributed by atoms with E-state index in [0.717, 1.165) is 36.4 Å². The van der Waals surface area contributed by atoms with Crippen LogP contribution in [0.25, 0.3) is 0 Å². The summed E-state index contributed by atoms with van der Waals surface area (Å²) in [7, 11) is 0. The van der Waals surface area contributed by atoms with Gasteiger partial charge in [0.2, 0.25) is 0 Å². The first-order valence-electron chi connectivity index (χ1n) is 11.3. The van der Waals surface area contributed by atoms with Crippen molar-refractivity contribution in [1.29, 1.82) is 5.26 Å². The van der Waals surface area contributed by atoms with E-state index < -0.39 is 34.6 Å². The highest BCUT2D eigenvalue weighted by atomic mass is 32.1. The van der Waals surface area contributed by atoms with Crippen LogP contribution in [0.5, 0.6) is 5.75 Å². The zero-order chi connectivity index (χ0) is 24.8. The molecule has 0 atom stereocenters. The molecule has 1 spiro atoms. The van der Waals surface area contributed by atoms with Gasteiger partial charge in [-0.15, -0.1) is 0 Å². The number of alkyl halides is 3. The third-order valence-electron chi connectivity index (χ3n) is 6.72. The first-order valence-corrected chi connectivity index (χ1v) is 11.7. The minimum absolute atomic E-state index is 0.0549. The molecule has 2 saturated heterocycles. The van der Waals surface area contributed by atoms with E-state index >= 15 is 0 Å². The second-order valence-electron chi connectivity index (χ2n) is 8.73. The highest BCUT2D eigenvalue weighted by molar-refractivity contribution is 7.81. The van der Waals surface area contributed by atoms with Crippen LogP contribution < -0.4 is 14.5 Å². The molecule has 182 valence electrons. The third-order valence-corrected chi connectivity index (χ3v) is 7.08. The van der Waals surface area contributed by atoms with E-state index in [0.29, 0.717) is 37.5 Å². The molecule has 2 aliphatic heterocycles. The van der Waals surface area contributed by atoms with E-state index in [9.17, 15) is 23.2 Å². The fourth-order valence-corrected chi connectivity index (χ4v) is 5.32. The lowest BCUT2D eigenvalue weighted by Crippen LogP contribution is -2.55. The Hall–Kier alpha value is -3.23. The van der Waals surface area contributed by atoms with Gasteiger partial charge in [0.25, 0.3) is 5.91 Å². The van der Waals surface area contributed by atoms with Crippen molar-refractivity contribution >= 4 is 34.6 Å². The number of hydrogen-bond acceptors (Lipinski definition) is 6. The maximum absolute atomic E-state index is 13.9. The summed E-state index contributed by atoms with van der Waals surface area (Å²) in [5.41, 5.74) is -3.02. The Morgan fingerprint density at radius 3 is 2.43 bits per heavy atom. The topological polar surface area (TPSA) is 78.7 Å². The number of ether oxygens (including phenoxy) is 2. The molecule has 11 heteroatoms. The zero-order valence-corrected chi connectivity index (χ0v) is 19.4. The van der Waals surface area contributed by atoms with Gasteiger partial charge in [-0.25, -0.2) is 4.98 Å². The Morgan fingerprint density at radius 2 is 1.86 bits per heavy atom. The molecule has 3 fully saturated rings. The fraction of sp³-hybridized carbons (Fsp3) is 0.417. The van der Waals surface area contributed by atoms with Gasteiger partial charge in [0.05, 0.1) is 18.9 Å². The van der Waals surface area contributed by atoms with E-state index in [1.165, 1.54) is 6.07 Å². The summed E-state index contributed by atoms with van der Waals surface area (Å²) in [6, 6.07) is 9.62. The standard InChI is InChI=1S/C24H21F3N4O3S/c25-24(26,27)20-18(14-28)29-11-6-19(20)30-21(32)23(9-1-10-23)31(22(30)35)15-2-4-16(5-3-15)34-17-7-12-33-13-8-17/h2-6,11,17H,1,7-10,12-13H2. The predicted molar refractivity (Wildman–Crippen MR) is 124 cm³/mol. The van der Waals surface area contributed by atoms with Gasteiger partial charge in [0, 0.05) is 24.7 Å². The number of nitrogens with zero attached hydrogens (tertiary/aromatic N) is 4. The number of anilines is 2. The van der Waals surface area contributed by atoms with Gasteiger partial charge < -0.3 is 14.4 Å². The average Bonchev–Trinajstić information content (AvgIpc) is 3.05. The van der Waals surface area contributed by atoms with E-state index in [4.69, 9.17) is 21.7 Å². The molecule has 3 heterocycles. The van der Waals surface area contributed by atoms with Crippen LogP contribution in [0.2, 0.25) is 0 Å². The van der Waals surface area contributed by atoms with Crippen LogP contribution in [0.1, 0.15) is 43.4 Å². The van der Waals surface area contributed by atoms with Crippen LogP contribution in [0.4, 0.5) is 24.5 Å². The molecule has 1 aromatic carbocycles. The van der Waals surface area contributed by atoms with Crippen LogP contribution in [-0.2, 0) is 15.7 Å². The highest BCUT2D eigenvalue weighted by Gasteiger charge is 2.60. The summed E-state index contributed by atoms with van der Waals surface area (Å²) in [6.07, 6.45) is -0.507. The van der Waals surface area contributed by atoms with Gasteiger partial charge in [-0.3, -0.25) is 9.69 Å². The Morgan fingerprint density at radius 1 is 1.17 bits per heavy atom. The minimum atomic E-state index is -4.89. The summed E-state index contributed by atoms with van der Waals surface area (Å²) in [5.74, 6) is 0.126. The van der Waals surface area contributed by atoms with Gasteiger partial charge >= 0.3 is 6.18 Å². The van der Waals surface area contributed by atoms with Crippen molar-refractivity contribution in [2.24, 2.45) is 0 Å². The van der Waals surface area contributed by atoms with Crippen molar-refractivity contribution in [3.8, 4) is 11.8 Å². The van der Waals surface area contributed by atoms with Crippen molar-refractivity contribution in [2.45, 2.75) is 49.9 Å². The van der Waals surface area contributed by atoms with Crippen molar-refractivity contribution in [3.63, 3.8) is 0 Å². The Kier molecular flexibility index (Phi) is 5.89. The number of pyridine rings is 1. The predicted octanol–water partition coefficient (Wildman–Crippen LogP) is 4.59. The molecule has 35 heavy (non-hydrogen) atoms. The Labute approximate surface area is 205 Å². The molecule has 1 amide bonds. The Bertz CT molecular complexity index is 1200. The SMILES string of the molecule is N#Cc1nccc(N2C(=O)C3(CCC3)N(c3ccc(OC4CCOCC4)cc3)C2=S)c1C(F)(F)F. The number of carbonyl (C=O) groups is 1. The molecule has 3 aliphatic rings. The molecular formula is C24H21F3N4O3S. The summed E-state index contributed by atoms with van der Waals surface area (Å²) in [4.78, 5) is 19.7. The molecular weight excluding hydrogens is 481 g/mol. The number of halogens is 3. The molecule has 7 nitrogen and oxygen atoms in total. The molecule has 0 unspecified atom stereocenters. The first kappa shape index (κ1) is 23.5. The van der Waals surface area contributed by atoms with Crippen LogP contribution >= 0.6 is 12.2 Å². The minimum Gasteiger partial charge on any atom is -0.490 e. The zero-order valence-electron chi connectivity index (χ0n) is 18.5. The van der Waals surface area contributed by atoms with Gasteiger partial charge in [-0.05, 0) is 61.8 Å². The van der Waals surface area contributed by atoms with Gasteiger partial charge in [0.1, 0.15) is 29.0 Å². The van der Waals surface area contributed by atoms with Crippen molar-refractivity contribution in [2.75, 3.05) is 23.0 Å². The lowest BCUT2D eigenvalue weighted by Gasteiger charge is -2.43. The van der Waals surface area contributed by atoms with E-state index in [2.05, 4.69) is 4.98 Å². The summed E-state index contributed by atoms with van der Waals surface area (Å²) in [5, 5.41) is 9.17. The second-order valence-corrected chi connectivity index (χ2v) is 9.10. The maximum Gasteiger partial charge on any atom is 0.421 e. The smallest absolute Gasteiger partial charge is 0.421 e. The molecule has 0 radical (unpaired) electrons. The number of carbonyl (C=O) groups excluding carboxylic acids is 1. The summed E-state index contributed by atoms with van der Waals surface area (Å²) >= 11 is 5.59. The lowest BCUT2D eigenvalue weighted by atomic mass is 9.75. The second kappa shape index (κ2) is 8.77. The van der Waals surface area contributed by atoms with Crippen molar-refractivity contribution in [3.05, 3.63) is 47.8 Å². The van der Waals surface area contributed by atoms with Crippen LogP contribution in [0.15, 0.2) is 36.5 Å². The molecule has 0 bridgehead atoms. The molecule has 1 saturated carbocycles. The van der Waals surface area contributed by atoms with E-state index in [-0.39, 0.29) is 11.2 Å².